The molecule has 1 fully saturated rings. The molecule has 0 saturated carbocycles. The van der Waals surface area contributed by atoms with Gasteiger partial charge in [-0.3, -0.25) is 19.8 Å². The van der Waals surface area contributed by atoms with Crippen LogP contribution in [0, 0.1) is 0 Å². The fourth-order valence-corrected chi connectivity index (χ4v) is 5.63. The number of benzene rings is 2. The zero-order valence-electron chi connectivity index (χ0n) is 16.3. The van der Waals surface area contributed by atoms with Crippen molar-refractivity contribution in [3.8, 4) is 5.75 Å². The lowest BCUT2D eigenvalue weighted by Gasteiger charge is -2.34. The third-order valence-corrected chi connectivity index (χ3v) is 7.73. The third-order valence-electron chi connectivity index (χ3n) is 5.84. The van der Waals surface area contributed by atoms with Gasteiger partial charge in [0.25, 0.3) is 11.8 Å². The van der Waals surface area contributed by atoms with E-state index in [9.17, 15) is 18.0 Å². The predicted molar refractivity (Wildman–Crippen MR) is 108 cm³/mol. The van der Waals surface area contributed by atoms with Crippen molar-refractivity contribution in [2.24, 2.45) is 0 Å². The smallest absolute Gasteiger partial charge is 0.258 e. The van der Waals surface area contributed by atoms with Gasteiger partial charge in [-0.25, -0.2) is 8.42 Å². The van der Waals surface area contributed by atoms with Gasteiger partial charge in [0.2, 0.25) is 10.0 Å². The molecule has 3 aliphatic rings. The van der Waals surface area contributed by atoms with Gasteiger partial charge in [-0.1, -0.05) is 12.1 Å². The second-order valence-corrected chi connectivity index (χ2v) is 9.65. The Hall–Kier alpha value is -2.75. The van der Waals surface area contributed by atoms with E-state index in [1.165, 1.54) is 33.6 Å². The molecule has 3 aliphatic heterocycles. The topological polar surface area (TPSA) is 96.0 Å². The minimum absolute atomic E-state index is 0.0400. The Morgan fingerprint density at radius 2 is 1.70 bits per heavy atom. The quantitative estimate of drug-likeness (QED) is 0.732. The van der Waals surface area contributed by atoms with Crippen LogP contribution >= 0.6 is 0 Å². The Balaban J connectivity index is 1.26. The number of carbonyl (C=O) groups excluding carboxylic acids is 2. The summed E-state index contributed by atoms with van der Waals surface area (Å²) in [5.74, 6) is -0.0957. The molecule has 0 unspecified atom stereocenters. The number of hydrogen-bond acceptors (Lipinski definition) is 6. The van der Waals surface area contributed by atoms with Crippen LogP contribution in [0.2, 0.25) is 0 Å². The van der Waals surface area contributed by atoms with Crippen LogP contribution in [-0.4, -0.2) is 62.2 Å². The molecule has 0 aliphatic carbocycles. The van der Waals surface area contributed by atoms with Crippen molar-refractivity contribution >= 4 is 21.8 Å². The van der Waals surface area contributed by atoms with E-state index in [1.54, 1.807) is 0 Å². The summed E-state index contributed by atoms with van der Waals surface area (Å²) < 4.78 is 33.1. The summed E-state index contributed by atoms with van der Waals surface area (Å²) in [7, 11) is -3.73. The molecule has 0 spiro atoms. The molecule has 5 rings (SSSR count). The molecule has 8 nitrogen and oxygen atoms in total. The molecule has 0 radical (unpaired) electrons. The number of carbonyl (C=O) groups is 2. The Kier molecular flexibility index (Phi) is 4.61. The number of sulfonamides is 1. The third kappa shape index (κ3) is 3.28. The van der Waals surface area contributed by atoms with E-state index in [1.807, 2.05) is 6.07 Å². The molecule has 9 heteroatoms. The van der Waals surface area contributed by atoms with Crippen molar-refractivity contribution in [2.75, 3.05) is 32.8 Å². The summed E-state index contributed by atoms with van der Waals surface area (Å²) in [6, 6.07) is 10.3. The maximum Gasteiger partial charge on any atom is 0.258 e. The number of ether oxygens (including phenoxy) is 1. The molecule has 30 heavy (non-hydrogen) atoms. The van der Waals surface area contributed by atoms with Crippen LogP contribution < -0.4 is 10.1 Å². The van der Waals surface area contributed by atoms with Gasteiger partial charge in [0.1, 0.15) is 5.75 Å². The largest absolute Gasteiger partial charge is 0.493 e. The summed E-state index contributed by atoms with van der Waals surface area (Å²) in [5.41, 5.74) is 2.75. The molecule has 3 heterocycles. The van der Waals surface area contributed by atoms with Gasteiger partial charge in [-0.05, 0) is 35.4 Å². The van der Waals surface area contributed by atoms with Crippen LogP contribution in [0.5, 0.6) is 5.75 Å². The monoisotopic (exact) mass is 427 g/mol. The molecule has 0 bridgehead atoms. The number of imide groups is 1. The summed E-state index contributed by atoms with van der Waals surface area (Å²) in [6.07, 6.45) is 0.930. The molecular formula is C21H21N3O5S. The number of fused-ring (bicyclic) bond motifs is 2. The van der Waals surface area contributed by atoms with Crippen LogP contribution in [0.25, 0.3) is 0 Å². The maximum atomic E-state index is 13.0. The van der Waals surface area contributed by atoms with E-state index in [2.05, 4.69) is 22.3 Å². The summed E-state index contributed by atoms with van der Waals surface area (Å²) in [6.45, 7) is 3.49. The first-order chi connectivity index (χ1) is 14.4. The molecular weight excluding hydrogens is 406 g/mol. The fourth-order valence-electron chi connectivity index (χ4n) is 4.18. The Bertz CT molecular complexity index is 1150. The van der Waals surface area contributed by atoms with Crippen molar-refractivity contribution < 1.29 is 22.7 Å². The highest BCUT2D eigenvalue weighted by Gasteiger charge is 2.32. The predicted octanol–water partition coefficient (Wildman–Crippen LogP) is 1.01. The van der Waals surface area contributed by atoms with Gasteiger partial charge in [-0.15, -0.1) is 0 Å². The number of nitrogens with one attached hydrogen (secondary N) is 1. The fraction of sp³-hybridized carbons (Fsp3) is 0.333. The number of hydrogen-bond donors (Lipinski definition) is 1. The van der Waals surface area contributed by atoms with E-state index in [4.69, 9.17) is 4.74 Å². The van der Waals surface area contributed by atoms with Crippen LogP contribution in [0.4, 0.5) is 0 Å². The second kappa shape index (κ2) is 7.19. The number of piperazine rings is 1. The molecule has 2 amide bonds. The lowest BCUT2D eigenvalue weighted by molar-refractivity contribution is 0.0879. The zero-order chi connectivity index (χ0) is 20.9. The average Bonchev–Trinajstić information content (AvgIpc) is 3.32. The Morgan fingerprint density at radius 1 is 0.933 bits per heavy atom. The van der Waals surface area contributed by atoms with Crippen molar-refractivity contribution in [1.82, 2.24) is 14.5 Å². The molecule has 2 aromatic rings. The van der Waals surface area contributed by atoms with Crippen LogP contribution in [-0.2, 0) is 23.0 Å². The number of rotatable bonds is 4. The molecule has 156 valence electrons. The van der Waals surface area contributed by atoms with Crippen LogP contribution in [0.1, 0.15) is 31.8 Å². The van der Waals surface area contributed by atoms with Gasteiger partial charge >= 0.3 is 0 Å². The maximum absolute atomic E-state index is 13.0. The molecule has 2 aromatic carbocycles. The van der Waals surface area contributed by atoms with Gasteiger partial charge < -0.3 is 4.74 Å². The zero-order valence-corrected chi connectivity index (χ0v) is 17.1. The van der Waals surface area contributed by atoms with Crippen molar-refractivity contribution in [3.63, 3.8) is 0 Å². The van der Waals surface area contributed by atoms with E-state index < -0.39 is 21.8 Å². The summed E-state index contributed by atoms with van der Waals surface area (Å²) in [5, 5.41) is 2.18. The number of amides is 2. The molecule has 0 aromatic heterocycles. The van der Waals surface area contributed by atoms with E-state index in [-0.39, 0.29) is 16.0 Å². The summed E-state index contributed by atoms with van der Waals surface area (Å²) >= 11 is 0. The minimum atomic E-state index is -3.73. The second-order valence-electron chi connectivity index (χ2n) is 7.71. The van der Waals surface area contributed by atoms with Gasteiger partial charge in [0.05, 0.1) is 22.6 Å². The van der Waals surface area contributed by atoms with E-state index in [0.29, 0.717) is 26.2 Å². The first-order valence-corrected chi connectivity index (χ1v) is 11.3. The highest BCUT2D eigenvalue weighted by Crippen LogP contribution is 2.27. The Labute approximate surface area is 174 Å². The molecule has 0 atom stereocenters. The number of nitrogens with zero attached hydrogens (tertiary/aromatic N) is 2. The van der Waals surface area contributed by atoms with Crippen LogP contribution in [0.15, 0.2) is 41.3 Å². The lowest BCUT2D eigenvalue weighted by Crippen LogP contribution is -2.48. The Morgan fingerprint density at radius 3 is 2.50 bits per heavy atom. The normalized spacial score (nSPS) is 19.3. The van der Waals surface area contributed by atoms with Gasteiger partial charge in [0.15, 0.2) is 0 Å². The SMILES string of the molecule is O=C1NC(=O)c2cc(S(=O)(=O)N3CCN(Cc4ccc5c(c4)CCO5)CC3)ccc21. The average molecular weight is 427 g/mol. The molecule has 1 N–H and O–H groups in total. The highest BCUT2D eigenvalue weighted by molar-refractivity contribution is 7.89. The van der Waals surface area contributed by atoms with Crippen molar-refractivity contribution in [1.29, 1.82) is 0 Å². The van der Waals surface area contributed by atoms with Crippen molar-refractivity contribution in [3.05, 3.63) is 58.7 Å². The molecule has 1 saturated heterocycles. The first kappa shape index (κ1) is 19.2. The van der Waals surface area contributed by atoms with Crippen molar-refractivity contribution in [2.45, 2.75) is 17.9 Å². The van der Waals surface area contributed by atoms with Crippen LogP contribution in [0.3, 0.4) is 0 Å². The van der Waals surface area contributed by atoms with Gasteiger partial charge in [0, 0.05) is 39.1 Å². The minimum Gasteiger partial charge on any atom is -0.493 e. The standard InChI is InChI=1S/C21H21N3O5S/c25-20-17-3-2-16(12-18(17)21(26)22-20)30(27,28)24-8-6-23(7-9-24)13-14-1-4-19-15(11-14)5-10-29-19/h1-4,11-12H,5-10,13H2,(H,22,25,26). The van der Waals surface area contributed by atoms with E-state index >= 15 is 0 Å². The lowest BCUT2D eigenvalue weighted by atomic mass is 10.1. The van der Waals surface area contributed by atoms with E-state index in [0.717, 1.165) is 25.3 Å². The first-order valence-electron chi connectivity index (χ1n) is 9.89. The van der Waals surface area contributed by atoms with Gasteiger partial charge in [-0.2, -0.15) is 4.31 Å². The highest BCUT2D eigenvalue weighted by atomic mass is 32.2. The summed E-state index contributed by atoms with van der Waals surface area (Å²) in [4.78, 5) is 25.8.